The Morgan fingerprint density at radius 3 is 2.35 bits per heavy atom. The maximum atomic E-state index is 12.8. The predicted molar refractivity (Wildman–Crippen MR) is 109 cm³/mol. The third-order valence-corrected chi connectivity index (χ3v) is 5.24. The van der Waals surface area contributed by atoms with Gasteiger partial charge in [-0.3, -0.25) is 4.79 Å². The second-order valence-corrected chi connectivity index (χ2v) is 7.99. The number of carbonyl (C=O) groups is 1. The van der Waals surface area contributed by atoms with Gasteiger partial charge in [-0.2, -0.15) is 0 Å². The fourth-order valence-corrected chi connectivity index (χ4v) is 3.26. The van der Waals surface area contributed by atoms with E-state index in [1.807, 2.05) is 48.5 Å². The first-order valence-corrected chi connectivity index (χ1v) is 9.74. The number of carbonyl (C=O) groups excluding carboxylic acids is 1. The molecule has 0 unspecified atom stereocenters. The van der Waals surface area contributed by atoms with E-state index in [9.17, 15) is 4.79 Å². The topological polar surface area (TPSA) is 41.6 Å². The van der Waals surface area contributed by atoms with Crippen molar-refractivity contribution in [1.82, 2.24) is 4.90 Å². The standard InChI is InChI=1S/C21H25BrN2O2/c1-24(2)14-3-15-26-19-10-8-18(9-11-19)23-20(25)21(12-13-21)16-4-6-17(22)7-5-16/h4-11H,3,12-15H2,1-2H3,(H,23,25). The number of hydrogen-bond acceptors (Lipinski definition) is 3. The Morgan fingerprint density at radius 1 is 1.12 bits per heavy atom. The van der Waals surface area contributed by atoms with Gasteiger partial charge in [-0.25, -0.2) is 0 Å². The number of halogens is 1. The molecule has 0 spiro atoms. The Labute approximate surface area is 163 Å². The van der Waals surface area contributed by atoms with Crippen molar-refractivity contribution >= 4 is 27.5 Å². The summed E-state index contributed by atoms with van der Waals surface area (Å²) in [6.07, 6.45) is 2.78. The lowest BCUT2D eigenvalue weighted by Crippen LogP contribution is -2.27. The average molecular weight is 417 g/mol. The summed E-state index contributed by atoms with van der Waals surface area (Å²) in [5.74, 6) is 0.898. The monoisotopic (exact) mass is 416 g/mol. The fraction of sp³-hybridized carbons (Fsp3) is 0.381. The SMILES string of the molecule is CN(C)CCCOc1ccc(NC(=O)C2(c3ccc(Br)cc3)CC2)cc1. The van der Waals surface area contributed by atoms with Gasteiger partial charge in [0, 0.05) is 16.7 Å². The highest BCUT2D eigenvalue weighted by Gasteiger charge is 2.51. The van der Waals surface area contributed by atoms with Crippen LogP contribution in [0.2, 0.25) is 0 Å². The van der Waals surface area contributed by atoms with Crippen LogP contribution in [0.25, 0.3) is 0 Å². The molecule has 2 aromatic carbocycles. The van der Waals surface area contributed by atoms with E-state index in [0.717, 1.165) is 47.3 Å². The lowest BCUT2D eigenvalue weighted by atomic mass is 9.95. The van der Waals surface area contributed by atoms with Crippen molar-refractivity contribution in [3.05, 3.63) is 58.6 Å². The molecule has 5 heteroatoms. The molecule has 138 valence electrons. The Hall–Kier alpha value is -1.85. The molecular weight excluding hydrogens is 392 g/mol. The third-order valence-electron chi connectivity index (χ3n) is 4.71. The van der Waals surface area contributed by atoms with Gasteiger partial charge in [-0.15, -0.1) is 0 Å². The van der Waals surface area contributed by atoms with Crippen LogP contribution < -0.4 is 10.1 Å². The van der Waals surface area contributed by atoms with Crippen molar-refractivity contribution < 1.29 is 9.53 Å². The van der Waals surface area contributed by atoms with Crippen molar-refractivity contribution in [3.8, 4) is 5.75 Å². The van der Waals surface area contributed by atoms with Gasteiger partial charge in [0.1, 0.15) is 5.75 Å². The van der Waals surface area contributed by atoms with Gasteiger partial charge in [-0.1, -0.05) is 28.1 Å². The molecular formula is C21H25BrN2O2. The lowest BCUT2D eigenvalue weighted by Gasteiger charge is -2.16. The number of nitrogens with zero attached hydrogens (tertiary/aromatic N) is 1. The summed E-state index contributed by atoms with van der Waals surface area (Å²) in [7, 11) is 4.11. The van der Waals surface area contributed by atoms with E-state index in [0.29, 0.717) is 6.61 Å². The fourth-order valence-electron chi connectivity index (χ4n) is 3.00. The molecule has 2 aromatic rings. The molecule has 3 rings (SSSR count). The maximum Gasteiger partial charge on any atom is 0.235 e. The average Bonchev–Trinajstić information content (AvgIpc) is 3.42. The quantitative estimate of drug-likeness (QED) is 0.646. The van der Waals surface area contributed by atoms with Crippen LogP contribution in [-0.2, 0) is 10.2 Å². The van der Waals surface area contributed by atoms with Gasteiger partial charge in [0.15, 0.2) is 0 Å². The number of amides is 1. The molecule has 0 heterocycles. The number of nitrogens with one attached hydrogen (secondary N) is 1. The summed E-state index contributed by atoms with van der Waals surface area (Å²) in [5, 5.41) is 3.05. The first-order valence-electron chi connectivity index (χ1n) is 8.95. The van der Waals surface area contributed by atoms with Crippen molar-refractivity contribution in [1.29, 1.82) is 0 Å². The molecule has 0 bridgehead atoms. The van der Waals surface area contributed by atoms with E-state index >= 15 is 0 Å². The van der Waals surface area contributed by atoms with E-state index in [-0.39, 0.29) is 11.3 Å². The van der Waals surface area contributed by atoms with E-state index in [4.69, 9.17) is 4.74 Å². The molecule has 0 saturated heterocycles. The largest absolute Gasteiger partial charge is 0.494 e. The molecule has 4 nitrogen and oxygen atoms in total. The minimum Gasteiger partial charge on any atom is -0.494 e. The van der Waals surface area contributed by atoms with Gasteiger partial charge in [0.25, 0.3) is 0 Å². The smallest absolute Gasteiger partial charge is 0.235 e. The maximum absolute atomic E-state index is 12.8. The Balaban J connectivity index is 1.55. The van der Waals surface area contributed by atoms with Crippen LogP contribution in [0.1, 0.15) is 24.8 Å². The molecule has 1 saturated carbocycles. The van der Waals surface area contributed by atoms with Crippen LogP contribution in [0.15, 0.2) is 53.0 Å². The number of benzene rings is 2. The minimum atomic E-state index is -0.373. The lowest BCUT2D eigenvalue weighted by molar-refractivity contribution is -0.118. The van der Waals surface area contributed by atoms with Crippen molar-refractivity contribution in [3.63, 3.8) is 0 Å². The number of ether oxygens (including phenoxy) is 1. The molecule has 1 aliphatic carbocycles. The normalized spacial score (nSPS) is 14.9. The number of hydrogen-bond donors (Lipinski definition) is 1. The van der Waals surface area contributed by atoms with Gasteiger partial charge < -0.3 is 15.0 Å². The first kappa shape index (κ1) is 18.9. The van der Waals surface area contributed by atoms with Crippen LogP contribution in [-0.4, -0.2) is 38.1 Å². The summed E-state index contributed by atoms with van der Waals surface area (Å²) >= 11 is 3.44. The van der Waals surface area contributed by atoms with E-state index in [1.54, 1.807) is 0 Å². The molecule has 0 aromatic heterocycles. The van der Waals surface area contributed by atoms with E-state index < -0.39 is 0 Å². The second-order valence-electron chi connectivity index (χ2n) is 7.07. The Kier molecular flexibility index (Phi) is 5.99. The first-order chi connectivity index (χ1) is 12.5. The van der Waals surface area contributed by atoms with Crippen molar-refractivity contribution in [2.24, 2.45) is 0 Å². The van der Waals surface area contributed by atoms with Gasteiger partial charge in [0.2, 0.25) is 5.91 Å². The summed E-state index contributed by atoms with van der Waals surface area (Å²) in [4.78, 5) is 14.9. The van der Waals surface area contributed by atoms with Crippen LogP contribution in [0, 0.1) is 0 Å². The van der Waals surface area contributed by atoms with Crippen LogP contribution in [0.3, 0.4) is 0 Å². The summed E-state index contributed by atoms with van der Waals surface area (Å²) in [6, 6.07) is 15.7. The van der Waals surface area contributed by atoms with Crippen LogP contribution >= 0.6 is 15.9 Å². The highest BCUT2D eigenvalue weighted by Crippen LogP contribution is 2.49. The Bertz CT molecular complexity index is 738. The highest BCUT2D eigenvalue weighted by molar-refractivity contribution is 9.10. The summed E-state index contributed by atoms with van der Waals surface area (Å²) in [5.41, 5.74) is 1.51. The zero-order valence-electron chi connectivity index (χ0n) is 15.3. The molecule has 0 aliphatic heterocycles. The molecule has 0 radical (unpaired) electrons. The molecule has 1 aliphatic rings. The second kappa shape index (κ2) is 8.23. The highest BCUT2D eigenvalue weighted by atomic mass is 79.9. The number of anilines is 1. The summed E-state index contributed by atoms with van der Waals surface area (Å²) in [6.45, 7) is 1.70. The van der Waals surface area contributed by atoms with E-state index in [1.165, 1.54) is 0 Å². The molecule has 1 fully saturated rings. The third kappa shape index (κ3) is 4.65. The predicted octanol–water partition coefficient (Wildman–Crippen LogP) is 4.45. The van der Waals surface area contributed by atoms with Gasteiger partial charge in [0.05, 0.1) is 12.0 Å². The molecule has 26 heavy (non-hydrogen) atoms. The van der Waals surface area contributed by atoms with Crippen molar-refractivity contribution in [2.45, 2.75) is 24.7 Å². The Morgan fingerprint density at radius 2 is 1.77 bits per heavy atom. The molecule has 1 amide bonds. The van der Waals surface area contributed by atoms with Gasteiger partial charge >= 0.3 is 0 Å². The van der Waals surface area contributed by atoms with Crippen LogP contribution in [0.5, 0.6) is 5.75 Å². The van der Waals surface area contributed by atoms with E-state index in [2.05, 4.69) is 40.2 Å². The molecule has 1 N–H and O–H groups in total. The molecule has 0 atom stereocenters. The summed E-state index contributed by atoms with van der Waals surface area (Å²) < 4.78 is 6.76. The van der Waals surface area contributed by atoms with Crippen molar-refractivity contribution in [2.75, 3.05) is 32.6 Å². The number of rotatable bonds is 8. The van der Waals surface area contributed by atoms with Crippen LogP contribution in [0.4, 0.5) is 5.69 Å². The minimum absolute atomic E-state index is 0.0690. The zero-order chi connectivity index (χ0) is 18.6. The zero-order valence-corrected chi connectivity index (χ0v) is 16.9. The van der Waals surface area contributed by atoms with Gasteiger partial charge in [-0.05, 0) is 75.3 Å².